The van der Waals surface area contributed by atoms with Gasteiger partial charge in [-0.15, -0.1) is 0 Å². The number of esters is 1. The average Bonchev–Trinajstić information content (AvgIpc) is 2.40. The molecule has 2 bridgehead atoms. The van der Waals surface area contributed by atoms with Gasteiger partial charge >= 0.3 is 5.97 Å². The van der Waals surface area contributed by atoms with E-state index < -0.39 is 15.5 Å². The van der Waals surface area contributed by atoms with Gasteiger partial charge in [0.15, 0.2) is 0 Å². The molecule has 3 fully saturated rings. The monoisotopic (exact) mass is 332 g/mol. The first-order valence-corrected chi connectivity index (χ1v) is 9.79. The molecule has 5 nitrogen and oxygen atoms in total. The van der Waals surface area contributed by atoms with E-state index in [1.807, 2.05) is 13.8 Å². The van der Waals surface area contributed by atoms with E-state index >= 15 is 0 Å². The van der Waals surface area contributed by atoms with Crippen molar-refractivity contribution < 1.29 is 22.1 Å². The van der Waals surface area contributed by atoms with Crippen LogP contribution < -0.4 is 0 Å². The van der Waals surface area contributed by atoms with E-state index in [1.54, 1.807) is 0 Å². The van der Waals surface area contributed by atoms with E-state index in [4.69, 9.17) is 8.92 Å². The number of rotatable bonds is 4. The average molecular weight is 332 g/mol. The van der Waals surface area contributed by atoms with Gasteiger partial charge in [-0.25, -0.2) is 0 Å². The van der Waals surface area contributed by atoms with Crippen LogP contribution in [0.25, 0.3) is 0 Å². The van der Waals surface area contributed by atoms with Crippen LogP contribution in [0.4, 0.5) is 0 Å². The molecule has 6 atom stereocenters. The first kappa shape index (κ1) is 17.7. The Morgan fingerprint density at radius 3 is 2.36 bits per heavy atom. The van der Waals surface area contributed by atoms with E-state index in [1.165, 1.54) is 7.11 Å². The topological polar surface area (TPSA) is 69.7 Å². The van der Waals surface area contributed by atoms with Crippen LogP contribution in [0.5, 0.6) is 0 Å². The second kappa shape index (κ2) is 5.78. The molecule has 3 saturated carbocycles. The highest BCUT2D eigenvalue weighted by atomic mass is 32.2. The zero-order valence-corrected chi connectivity index (χ0v) is 15.1. The van der Waals surface area contributed by atoms with E-state index in [2.05, 4.69) is 13.8 Å². The van der Waals surface area contributed by atoms with Gasteiger partial charge in [0.1, 0.15) is 0 Å². The molecule has 128 valence electrons. The third-order valence-electron chi connectivity index (χ3n) is 5.92. The van der Waals surface area contributed by atoms with Gasteiger partial charge in [0.25, 0.3) is 10.1 Å². The second-order valence-electron chi connectivity index (χ2n) is 7.65. The van der Waals surface area contributed by atoms with Gasteiger partial charge in [0.2, 0.25) is 0 Å². The summed E-state index contributed by atoms with van der Waals surface area (Å²) in [5.41, 5.74) is -0.540. The van der Waals surface area contributed by atoms with Crippen molar-refractivity contribution in [3.8, 4) is 0 Å². The molecule has 0 heterocycles. The fourth-order valence-electron chi connectivity index (χ4n) is 4.89. The van der Waals surface area contributed by atoms with Gasteiger partial charge in [-0.1, -0.05) is 20.8 Å². The zero-order chi connectivity index (χ0) is 16.9. The Hall–Kier alpha value is -0.620. The van der Waals surface area contributed by atoms with Crippen molar-refractivity contribution in [3.63, 3.8) is 0 Å². The number of fused-ring (bicyclic) bond motifs is 3. The van der Waals surface area contributed by atoms with E-state index in [-0.39, 0.29) is 29.8 Å². The minimum atomic E-state index is -3.51. The van der Waals surface area contributed by atoms with Crippen LogP contribution in [0, 0.1) is 35.0 Å². The van der Waals surface area contributed by atoms with Crippen LogP contribution in [-0.4, -0.2) is 33.9 Å². The summed E-state index contributed by atoms with van der Waals surface area (Å²) in [6.45, 7) is 8.27. The SMILES string of the molecule is COC(=O)[C@]1(C)C[C@@H]2[C@@H](OS(C)(=O)=O)[C@@H](C)[C@H]1C[C@H]2C(C)C. The maximum atomic E-state index is 12.3. The number of carbonyl (C=O) groups is 1. The first-order chi connectivity index (χ1) is 10.0. The lowest BCUT2D eigenvalue weighted by Gasteiger charge is -2.58. The maximum Gasteiger partial charge on any atom is 0.311 e. The molecular formula is C16H28O5S. The highest BCUT2D eigenvalue weighted by molar-refractivity contribution is 7.86. The normalized spacial score (nSPS) is 41.7. The van der Waals surface area contributed by atoms with Crippen molar-refractivity contribution in [1.29, 1.82) is 0 Å². The predicted octanol–water partition coefficient (Wildman–Crippen LogP) is 2.46. The molecule has 3 aliphatic rings. The van der Waals surface area contributed by atoms with Crippen LogP contribution in [0.1, 0.15) is 40.5 Å². The Labute approximate surface area is 133 Å². The summed E-state index contributed by atoms with van der Waals surface area (Å²) in [5, 5.41) is 0. The van der Waals surface area contributed by atoms with Gasteiger partial charge < -0.3 is 4.74 Å². The summed E-state index contributed by atoms with van der Waals surface area (Å²) in [6.07, 6.45) is 2.33. The highest BCUT2D eigenvalue weighted by Crippen LogP contribution is 2.60. The molecule has 0 radical (unpaired) electrons. The Balaban J connectivity index is 2.38. The number of methoxy groups -OCH3 is 1. The summed E-state index contributed by atoms with van der Waals surface area (Å²) in [5.74, 6) is 0.809. The molecule has 3 aliphatic carbocycles. The molecule has 0 aromatic rings. The number of hydrogen-bond donors (Lipinski definition) is 0. The maximum absolute atomic E-state index is 12.3. The van der Waals surface area contributed by atoms with Crippen molar-refractivity contribution in [2.24, 2.45) is 35.0 Å². The van der Waals surface area contributed by atoms with Gasteiger partial charge in [0, 0.05) is 0 Å². The van der Waals surface area contributed by atoms with Crippen LogP contribution >= 0.6 is 0 Å². The minimum absolute atomic E-state index is 0.0209. The summed E-state index contributed by atoms with van der Waals surface area (Å²) in [7, 11) is -2.09. The van der Waals surface area contributed by atoms with Crippen molar-refractivity contribution in [1.82, 2.24) is 0 Å². The molecule has 0 aromatic carbocycles. The standard InChI is InChI=1S/C16H28O5S/c1-9(2)11-7-13-10(3)14(21-22(6,18)19)12(11)8-16(13,4)15(17)20-5/h9-14H,7-8H2,1-6H3/t10-,11-,12-,13+,14-,16+/m0/s1. The zero-order valence-electron chi connectivity index (χ0n) is 14.3. The summed E-state index contributed by atoms with van der Waals surface area (Å²) in [6, 6.07) is 0. The molecule has 0 aliphatic heterocycles. The Morgan fingerprint density at radius 2 is 1.91 bits per heavy atom. The molecule has 6 heteroatoms. The predicted molar refractivity (Wildman–Crippen MR) is 83.5 cm³/mol. The molecule has 3 rings (SSSR count). The number of ether oxygens (including phenoxy) is 1. The van der Waals surface area contributed by atoms with E-state index in [0.717, 1.165) is 12.7 Å². The number of carbonyl (C=O) groups excluding carboxylic acids is 1. The Morgan fingerprint density at radius 1 is 1.32 bits per heavy atom. The molecule has 0 N–H and O–H groups in total. The largest absolute Gasteiger partial charge is 0.469 e. The fourth-order valence-corrected chi connectivity index (χ4v) is 5.61. The second-order valence-corrected chi connectivity index (χ2v) is 9.25. The van der Waals surface area contributed by atoms with Crippen LogP contribution in [0.3, 0.4) is 0 Å². The van der Waals surface area contributed by atoms with E-state index in [0.29, 0.717) is 18.3 Å². The van der Waals surface area contributed by atoms with Crippen molar-refractivity contribution >= 4 is 16.1 Å². The lowest BCUT2D eigenvalue weighted by atomic mass is 9.47. The highest BCUT2D eigenvalue weighted by Gasteiger charge is 2.61. The van der Waals surface area contributed by atoms with Gasteiger partial charge in [-0.2, -0.15) is 8.42 Å². The third kappa shape index (κ3) is 2.92. The fraction of sp³-hybridized carbons (Fsp3) is 0.938. The van der Waals surface area contributed by atoms with Gasteiger partial charge in [-0.3, -0.25) is 8.98 Å². The molecule has 0 aromatic heterocycles. The summed E-state index contributed by atoms with van der Waals surface area (Å²) < 4.78 is 33.7. The van der Waals surface area contributed by atoms with Crippen LogP contribution in [-0.2, 0) is 23.8 Å². The molecule has 0 spiro atoms. The molecule has 0 saturated heterocycles. The molecule has 0 amide bonds. The first-order valence-electron chi connectivity index (χ1n) is 7.98. The minimum Gasteiger partial charge on any atom is -0.469 e. The summed E-state index contributed by atoms with van der Waals surface area (Å²) in [4.78, 5) is 12.3. The number of hydrogen-bond acceptors (Lipinski definition) is 5. The van der Waals surface area contributed by atoms with Gasteiger partial charge in [-0.05, 0) is 49.4 Å². The third-order valence-corrected chi connectivity index (χ3v) is 6.49. The van der Waals surface area contributed by atoms with Crippen LogP contribution in [0.15, 0.2) is 0 Å². The molecule has 22 heavy (non-hydrogen) atoms. The van der Waals surface area contributed by atoms with Crippen molar-refractivity contribution in [2.45, 2.75) is 46.6 Å². The Bertz CT molecular complexity index is 541. The lowest BCUT2D eigenvalue weighted by molar-refractivity contribution is -0.184. The molecular weight excluding hydrogens is 304 g/mol. The lowest BCUT2D eigenvalue weighted by Crippen LogP contribution is -2.60. The smallest absolute Gasteiger partial charge is 0.311 e. The Kier molecular flexibility index (Phi) is 4.66. The van der Waals surface area contributed by atoms with Crippen LogP contribution in [0.2, 0.25) is 0 Å². The summed E-state index contributed by atoms with van der Waals surface area (Å²) >= 11 is 0. The van der Waals surface area contributed by atoms with Crippen molar-refractivity contribution in [2.75, 3.05) is 13.4 Å². The van der Waals surface area contributed by atoms with Gasteiger partial charge in [0.05, 0.1) is 24.9 Å². The van der Waals surface area contributed by atoms with Crippen molar-refractivity contribution in [3.05, 3.63) is 0 Å². The quantitative estimate of drug-likeness (QED) is 0.584. The molecule has 0 unspecified atom stereocenters. The van der Waals surface area contributed by atoms with E-state index in [9.17, 15) is 13.2 Å².